The fourth-order valence-electron chi connectivity index (χ4n) is 3.08. The second-order valence-electron chi connectivity index (χ2n) is 8.14. The van der Waals surface area contributed by atoms with Crippen LogP contribution in [0.5, 0.6) is 5.75 Å². The van der Waals surface area contributed by atoms with E-state index in [1.165, 1.54) is 0 Å². The maximum absolute atomic E-state index is 12.1. The van der Waals surface area contributed by atoms with E-state index in [0.29, 0.717) is 17.5 Å². The van der Waals surface area contributed by atoms with Crippen LogP contribution in [0.1, 0.15) is 52.5 Å². The molecule has 1 heterocycles. The lowest BCUT2D eigenvalue weighted by Gasteiger charge is -2.33. The predicted octanol–water partition coefficient (Wildman–Crippen LogP) is 4.87. The molecule has 0 spiro atoms. The number of piperidine rings is 1. The highest BCUT2D eigenvalue weighted by atomic mass is 35.5. The maximum atomic E-state index is 12.1. The molecule has 0 atom stereocenters. The average Bonchev–Trinajstić information content (AvgIpc) is 2.60. The first-order valence-corrected chi connectivity index (χ1v) is 10.3. The number of hydrogen-bond donors (Lipinski definition) is 1. The first kappa shape index (κ1) is 21.8. The molecule has 0 aliphatic carbocycles. The molecule has 1 aliphatic heterocycles. The predicted molar refractivity (Wildman–Crippen MR) is 109 cm³/mol. The molecular formula is C21H33ClN2O3. The van der Waals surface area contributed by atoms with Crippen LogP contribution >= 0.6 is 11.6 Å². The summed E-state index contributed by atoms with van der Waals surface area (Å²) in [5, 5.41) is 4.23. The van der Waals surface area contributed by atoms with Gasteiger partial charge in [-0.2, -0.15) is 0 Å². The molecule has 5 nitrogen and oxygen atoms in total. The lowest BCUT2D eigenvalue weighted by atomic mass is 9.97. The van der Waals surface area contributed by atoms with Gasteiger partial charge in [0.15, 0.2) is 0 Å². The molecule has 0 unspecified atom stereocenters. The number of hydrogen-bond acceptors (Lipinski definition) is 4. The van der Waals surface area contributed by atoms with Gasteiger partial charge in [-0.3, -0.25) is 0 Å². The second-order valence-corrected chi connectivity index (χ2v) is 8.58. The van der Waals surface area contributed by atoms with Crippen molar-refractivity contribution in [3.63, 3.8) is 0 Å². The number of carbonyl (C=O) groups is 1. The van der Waals surface area contributed by atoms with Crippen LogP contribution in [-0.4, -0.2) is 42.8 Å². The number of amides is 1. The van der Waals surface area contributed by atoms with E-state index in [1.54, 1.807) is 0 Å². The van der Waals surface area contributed by atoms with Crippen LogP contribution in [-0.2, 0) is 11.3 Å². The Hall–Kier alpha value is -1.46. The number of nitrogens with one attached hydrogen (secondary N) is 1. The van der Waals surface area contributed by atoms with Crippen molar-refractivity contribution in [1.82, 2.24) is 10.2 Å². The van der Waals surface area contributed by atoms with Gasteiger partial charge >= 0.3 is 6.09 Å². The quantitative estimate of drug-likeness (QED) is 0.714. The summed E-state index contributed by atoms with van der Waals surface area (Å²) in [5.41, 5.74) is 0.685. The Morgan fingerprint density at radius 2 is 2.00 bits per heavy atom. The molecule has 1 amide bonds. The van der Waals surface area contributed by atoms with Crippen LogP contribution in [0.2, 0.25) is 5.02 Å². The number of ether oxygens (including phenoxy) is 2. The van der Waals surface area contributed by atoms with Crippen LogP contribution in [0, 0.1) is 5.92 Å². The number of likely N-dealkylation sites (tertiary alicyclic amines) is 1. The van der Waals surface area contributed by atoms with Gasteiger partial charge in [0, 0.05) is 30.2 Å². The van der Waals surface area contributed by atoms with E-state index >= 15 is 0 Å². The Morgan fingerprint density at radius 3 is 2.63 bits per heavy atom. The molecule has 0 bridgehead atoms. The van der Waals surface area contributed by atoms with Crippen molar-refractivity contribution in [1.29, 1.82) is 0 Å². The van der Waals surface area contributed by atoms with Crippen LogP contribution in [0.15, 0.2) is 18.2 Å². The number of nitrogens with zero attached hydrogens (tertiary/aromatic N) is 1. The Morgan fingerprint density at radius 1 is 1.30 bits per heavy atom. The molecule has 0 aromatic heterocycles. The first-order chi connectivity index (χ1) is 12.8. The lowest BCUT2D eigenvalue weighted by Crippen LogP contribution is -2.43. The molecule has 1 aromatic carbocycles. The summed E-state index contributed by atoms with van der Waals surface area (Å²) in [5.74, 6) is 1.42. The zero-order chi connectivity index (χ0) is 19.9. The van der Waals surface area contributed by atoms with Gasteiger partial charge in [-0.25, -0.2) is 4.79 Å². The SMILES string of the molecule is CCCOc1cc(Cl)ccc1CNCC1CCN(C(=O)OC(C)(C)C)CC1. The van der Waals surface area contributed by atoms with Gasteiger partial charge in [0.1, 0.15) is 11.4 Å². The Bertz CT molecular complexity index is 608. The summed E-state index contributed by atoms with van der Waals surface area (Å²) in [6.07, 6.45) is 2.75. The van der Waals surface area contributed by atoms with E-state index < -0.39 is 5.60 Å². The highest BCUT2D eigenvalue weighted by Gasteiger charge is 2.26. The largest absolute Gasteiger partial charge is 0.493 e. The molecule has 1 saturated heterocycles. The van der Waals surface area contributed by atoms with Gasteiger partial charge in [0.25, 0.3) is 0 Å². The van der Waals surface area contributed by atoms with E-state index in [-0.39, 0.29) is 6.09 Å². The zero-order valence-electron chi connectivity index (χ0n) is 17.0. The van der Waals surface area contributed by atoms with E-state index in [9.17, 15) is 4.79 Å². The molecule has 0 saturated carbocycles. The van der Waals surface area contributed by atoms with Crippen molar-refractivity contribution in [2.75, 3.05) is 26.2 Å². The molecule has 1 aliphatic rings. The van der Waals surface area contributed by atoms with Gasteiger partial charge in [-0.1, -0.05) is 24.6 Å². The van der Waals surface area contributed by atoms with Crippen molar-refractivity contribution in [3.8, 4) is 5.75 Å². The third-order valence-electron chi connectivity index (χ3n) is 4.51. The normalized spacial score (nSPS) is 15.7. The summed E-state index contributed by atoms with van der Waals surface area (Å²) in [7, 11) is 0. The minimum absolute atomic E-state index is 0.201. The minimum Gasteiger partial charge on any atom is -0.493 e. The number of benzene rings is 1. The third-order valence-corrected chi connectivity index (χ3v) is 4.74. The smallest absolute Gasteiger partial charge is 0.410 e. The third kappa shape index (κ3) is 7.59. The minimum atomic E-state index is -0.439. The van der Waals surface area contributed by atoms with Crippen LogP contribution < -0.4 is 10.1 Å². The van der Waals surface area contributed by atoms with Gasteiger partial charge in [-0.05, 0) is 64.6 Å². The zero-order valence-corrected chi connectivity index (χ0v) is 17.8. The monoisotopic (exact) mass is 396 g/mol. The van der Waals surface area contributed by atoms with Crippen LogP contribution in [0.3, 0.4) is 0 Å². The highest BCUT2D eigenvalue weighted by Crippen LogP contribution is 2.24. The van der Waals surface area contributed by atoms with Crippen molar-refractivity contribution in [2.45, 2.75) is 59.1 Å². The average molecular weight is 397 g/mol. The molecular weight excluding hydrogens is 364 g/mol. The number of halogens is 1. The molecule has 1 N–H and O–H groups in total. The maximum Gasteiger partial charge on any atom is 0.410 e. The summed E-state index contributed by atoms with van der Waals surface area (Å²) in [6, 6.07) is 5.80. The summed E-state index contributed by atoms with van der Waals surface area (Å²) in [6.45, 7) is 11.7. The fourth-order valence-corrected chi connectivity index (χ4v) is 3.24. The molecule has 6 heteroatoms. The first-order valence-electron chi connectivity index (χ1n) is 9.88. The molecule has 0 radical (unpaired) electrons. The fraction of sp³-hybridized carbons (Fsp3) is 0.667. The van der Waals surface area contributed by atoms with Crippen molar-refractivity contribution in [3.05, 3.63) is 28.8 Å². The summed E-state index contributed by atoms with van der Waals surface area (Å²) >= 11 is 6.09. The van der Waals surface area contributed by atoms with Crippen LogP contribution in [0.4, 0.5) is 4.79 Å². The topological polar surface area (TPSA) is 50.8 Å². The second kappa shape index (κ2) is 10.2. The standard InChI is InChI=1S/C21H33ClN2O3/c1-5-12-26-19-13-18(22)7-6-17(19)15-23-14-16-8-10-24(11-9-16)20(25)27-21(2,3)4/h6-7,13,16,23H,5,8-12,14-15H2,1-4H3. The number of rotatable bonds is 7. The van der Waals surface area contributed by atoms with E-state index in [1.807, 2.05) is 43.9 Å². The van der Waals surface area contributed by atoms with Crippen LogP contribution in [0.25, 0.3) is 0 Å². The Kier molecular flexibility index (Phi) is 8.24. The van der Waals surface area contributed by atoms with Crippen molar-refractivity contribution >= 4 is 17.7 Å². The Balaban J connectivity index is 1.75. The van der Waals surface area contributed by atoms with Gasteiger partial charge in [0.2, 0.25) is 0 Å². The van der Waals surface area contributed by atoms with Gasteiger partial charge in [-0.15, -0.1) is 0 Å². The lowest BCUT2D eigenvalue weighted by molar-refractivity contribution is 0.0184. The van der Waals surface area contributed by atoms with Gasteiger partial charge in [0.05, 0.1) is 6.61 Å². The van der Waals surface area contributed by atoms with E-state index in [2.05, 4.69) is 12.2 Å². The summed E-state index contributed by atoms with van der Waals surface area (Å²) < 4.78 is 11.3. The highest BCUT2D eigenvalue weighted by molar-refractivity contribution is 6.30. The molecule has 152 valence electrons. The summed E-state index contributed by atoms with van der Waals surface area (Å²) in [4.78, 5) is 14.0. The number of carbonyl (C=O) groups excluding carboxylic acids is 1. The molecule has 27 heavy (non-hydrogen) atoms. The van der Waals surface area contributed by atoms with E-state index in [4.69, 9.17) is 21.1 Å². The molecule has 1 aromatic rings. The van der Waals surface area contributed by atoms with Crippen molar-refractivity contribution in [2.24, 2.45) is 5.92 Å². The Labute approximate surface area is 168 Å². The molecule has 2 rings (SSSR count). The van der Waals surface area contributed by atoms with E-state index in [0.717, 1.165) is 56.8 Å². The molecule has 1 fully saturated rings. The van der Waals surface area contributed by atoms with Gasteiger partial charge < -0.3 is 19.7 Å². The van der Waals surface area contributed by atoms with Crippen molar-refractivity contribution < 1.29 is 14.3 Å².